The lowest BCUT2D eigenvalue weighted by atomic mass is 9.97. The van der Waals surface area contributed by atoms with Crippen molar-refractivity contribution in [1.29, 1.82) is 0 Å². The van der Waals surface area contributed by atoms with Crippen molar-refractivity contribution in [2.75, 3.05) is 26.7 Å². The van der Waals surface area contributed by atoms with Crippen LogP contribution in [0.15, 0.2) is 18.2 Å². The zero-order valence-electron chi connectivity index (χ0n) is 11.0. The molecule has 0 radical (unpaired) electrons. The van der Waals surface area contributed by atoms with E-state index < -0.39 is 17.5 Å². The molecule has 1 aromatic carbocycles. The highest BCUT2D eigenvalue weighted by molar-refractivity contribution is 5.94. The second kappa shape index (κ2) is 6.10. The normalized spacial score (nSPS) is 16.4. The summed E-state index contributed by atoms with van der Waals surface area (Å²) in [6, 6.07) is 3.68. The minimum atomic E-state index is -1.07. The molecule has 19 heavy (non-hydrogen) atoms. The van der Waals surface area contributed by atoms with Crippen LogP contribution in [0, 0.1) is 17.6 Å². The summed E-state index contributed by atoms with van der Waals surface area (Å²) >= 11 is 0. The number of carbonyl (C=O) groups is 1. The van der Waals surface area contributed by atoms with E-state index in [0.29, 0.717) is 12.5 Å². The van der Waals surface area contributed by atoms with Gasteiger partial charge in [-0.3, -0.25) is 4.79 Å². The number of halogens is 2. The maximum absolute atomic E-state index is 13.6. The SMILES string of the molecule is CN(CC1CCNCC1)C(=O)c1cccc(F)c1F. The summed E-state index contributed by atoms with van der Waals surface area (Å²) in [7, 11) is 1.63. The van der Waals surface area contributed by atoms with Gasteiger partial charge in [-0.1, -0.05) is 6.07 Å². The Morgan fingerprint density at radius 1 is 1.37 bits per heavy atom. The molecule has 0 unspecified atom stereocenters. The summed E-state index contributed by atoms with van der Waals surface area (Å²) < 4.78 is 26.7. The lowest BCUT2D eigenvalue weighted by molar-refractivity contribution is 0.0757. The molecule has 1 aliphatic rings. The molecule has 5 heteroatoms. The largest absolute Gasteiger partial charge is 0.341 e. The van der Waals surface area contributed by atoms with Crippen molar-refractivity contribution in [3.8, 4) is 0 Å². The minimum absolute atomic E-state index is 0.198. The van der Waals surface area contributed by atoms with E-state index in [1.54, 1.807) is 7.05 Å². The number of rotatable bonds is 3. The first-order valence-electron chi connectivity index (χ1n) is 6.50. The number of nitrogens with one attached hydrogen (secondary N) is 1. The first-order chi connectivity index (χ1) is 9.09. The first kappa shape index (κ1) is 13.9. The average Bonchev–Trinajstić information content (AvgIpc) is 2.42. The van der Waals surface area contributed by atoms with Crippen molar-refractivity contribution in [3.63, 3.8) is 0 Å². The first-order valence-corrected chi connectivity index (χ1v) is 6.50. The van der Waals surface area contributed by atoms with Gasteiger partial charge >= 0.3 is 0 Å². The van der Waals surface area contributed by atoms with Gasteiger partial charge in [-0.15, -0.1) is 0 Å². The van der Waals surface area contributed by atoms with Crippen molar-refractivity contribution < 1.29 is 13.6 Å². The van der Waals surface area contributed by atoms with E-state index >= 15 is 0 Å². The smallest absolute Gasteiger partial charge is 0.256 e. The number of benzene rings is 1. The molecule has 104 valence electrons. The van der Waals surface area contributed by atoms with Gasteiger partial charge in [-0.25, -0.2) is 8.78 Å². The Hall–Kier alpha value is -1.49. The van der Waals surface area contributed by atoms with Gasteiger partial charge in [-0.05, 0) is 44.0 Å². The highest BCUT2D eigenvalue weighted by Crippen LogP contribution is 2.17. The molecule has 1 aliphatic heterocycles. The summed E-state index contributed by atoms with van der Waals surface area (Å²) in [6.45, 7) is 2.47. The van der Waals surface area contributed by atoms with Crippen molar-refractivity contribution in [2.24, 2.45) is 5.92 Å². The van der Waals surface area contributed by atoms with Gasteiger partial charge in [0.05, 0.1) is 5.56 Å². The Bertz CT molecular complexity index is 459. The van der Waals surface area contributed by atoms with Crippen molar-refractivity contribution in [2.45, 2.75) is 12.8 Å². The summed E-state index contributed by atoms with van der Waals surface area (Å²) in [5.41, 5.74) is -0.198. The van der Waals surface area contributed by atoms with Crippen LogP contribution in [0.3, 0.4) is 0 Å². The Morgan fingerprint density at radius 3 is 2.74 bits per heavy atom. The highest BCUT2D eigenvalue weighted by atomic mass is 19.2. The van der Waals surface area contributed by atoms with Gasteiger partial charge in [-0.2, -0.15) is 0 Å². The molecule has 0 spiro atoms. The zero-order valence-corrected chi connectivity index (χ0v) is 11.0. The summed E-state index contributed by atoms with van der Waals surface area (Å²) in [5.74, 6) is -2.09. The molecule has 0 bridgehead atoms. The second-order valence-electron chi connectivity index (χ2n) is 4.98. The van der Waals surface area contributed by atoms with Crippen LogP contribution in [0.2, 0.25) is 0 Å². The molecule has 1 heterocycles. The van der Waals surface area contributed by atoms with Gasteiger partial charge < -0.3 is 10.2 Å². The van der Waals surface area contributed by atoms with Gasteiger partial charge in [0.1, 0.15) is 0 Å². The molecular weight excluding hydrogens is 250 g/mol. The van der Waals surface area contributed by atoms with E-state index in [1.165, 1.54) is 17.0 Å². The molecule has 0 atom stereocenters. The molecule has 2 rings (SSSR count). The molecule has 0 saturated carbocycles. The molecule has 0 aliphatic carbocycles. The summed E-state index contributed by atoms with van der Waals surface area (Å²) in [4.78, 5) is 13.6. The standard InChI is InChI=1S/C14H18F2N2O/c1-18(9-10-5-7-17-8-6-10)14(19)11-3-2-4-12(15)13(11)16/h2-4,10,17H,5-9H2,1H3. The third-order valence-corrected chi connectivity index (χ3v) is 3.52. The fourth-order valence-corrected chi connectivity index (χ4v) is 2.41. The van der Waals surface area contributed by atoms with Crippen LogP contribution in [0.1, 0.15) is 23.2 Å². The quantitative estimate of drug-likeness (QED) is 0.910. The van der Waals surface area contributed by atoms with Gasteiger partial charge in [0.2, 0.25) is 0 Å². The molecule has 1 aromatic rings. The Balaban J connectivity index is 2.03. The number of nitrogens with zero attached hydrogens (tertiary/aromatic N) is 1. The Labute approximate surface area is 111 Å². The highest BCUT2D eigenvalue weighted by Gasteiger charge is 2.22. The zero-order chi connectivity index (χ0) is 13.8. The van der Waals surface area contributed by atoms with Crippen molar-refractivity contribution in [3.05, 3.63) is 35.4 Å². The maximum Gasteiger partial charge on any atom is 0.256 e. The topological polar surface area (TPSA) is 32.3 Å². The summed E-state index contributed by atoms with van der Waals surface area (Å²) in [6.07, 6.45) is 2.01. The van der Waals surface area contributed by atoms with Crippen molar-refractivity contribution >= 4 is 5.91 Å². The number of amides is 1. The maximum atomic E-state index is 13.6. The number of piperidine rings is 1. The fraction of sp³-hybridized carbons (Fsp3) is 0.500. The average molecular weight is 268 g/mol. The molecule has 0 aromatic heterocycles. The molecule has 1 saturated heterocycles. The predicted octanol–water partition coefficient (Wildman–Crippen LogP) is 2.04. The Morgan fingerprint density at radius 2 is 2.05 bits per heavy atom. The lowest BCUT2D eigenvalue weighted by Gasteiger charge is -2.27. The van der Waals surface area contributed by atoms with Crippen LogP contribution in [0.4, 0.5) is 8.78 Å². The van der Waals surface area contributed by atoms with Crippen LogP contribution < -0.4 is 5.32 Å². The number of hydrogen-bond acceptors (Lipinski definition) is 2. The number of carbonyl (C=O) groups excluding carboxylic acids is 1. The van der Waals surface area contributed by atoms with Crippen molar-refractivity contribution in [1.82, 2.24) is 10.2 Å². The van der Waals surface area contributed by atoms with E-state index in [2.05, 4.69) is 5.32 Å². The molecule has 1 amide bonds. The van der Waals surface area contributed by atoms with Gasteiger partial charge in [0.25, 0.3) is 5.91 Å². The number of hydrogen-bond donors (Lipinski definition) is 1. The fourth-order valence-electron chi connectivity index (χ4n) is 2.41. The van der Waals surface area contributed by atoms with Crippen LogP contribution in [-0.4, -0.2) is 37.5 Å². The van der Waals surface area contributed by atoms with Crippen LogP contribution in [0.25, 0.3) is 0 Å². The lowest BCUT2D eigenvalue weighted by Crippen LogP contribution is -2.37. The second-order valence-corrected chi connectivity index (χ2v) is 4.98. The molecular formula is C14H18F2N2O. The van der Waals surface area contributed by atoms with E-state index in [0.717, 1.165) is 32.0 Å². The monoisotopic (exact) mass is 268 g/mol. The van der Waals surface area contributed by atoms with E-state index in [9.17, 15) is 13.6 Å². The third-order valence-electron chi connectivity index (χ3n) is 3.52. The van der Waals surface area contributed by atoms with Crippen LogP contribution >= 0.6 is 0 Å². The predicted molar refractivity (Wildman–Crippen MR) is 68.9 cm³/mol. The van der Waals surface area contributed by atoms with E-state index in [1.807, 2.05) is 0 Å². The molecule has 1 fully saturated rings. The van der Waals surface area contributed by atoms with E-state index in [-0.39, 0.29) is 5.56 Å². The third kappa shape index (κ3) is 3.29. The molecule has 1 N–H and O–H groups in total. The van der Waals surface area contributed by atoms with Crippen LogP contribution in [-0.2, 0) is 0 Å². The van der Waals surface area contributed by atoms with Crippen LogP contribution in [0.5, 0.6) is 0 Å². The minimum Gasteiger partial charge on any atom is -0.341 e. The van der Waals surface area contributed by atoms with Gasteiger partial charge in [0, 0.05) is 13.6 Å². The molecule has 3 nitrogen and oxygen atoms in total. The van der Waals surface area contributed by atoms with E-state index in [4.69, 9.17) is 0 Å². The Kier molecular flexibility index (Phi) is 4.47. The van der Waals surface area contributed by atoms with Gasteiger partial charge in [0.15, 0.2) is 11.6 Å². The summed E-state index contributed by atoms with van der Waals surface area (Å²) in [5, 5.41) is 3.25.